The van der Waals surface area contributed by atoms with Crippen LogP contribution in [0.5, 0.6) is 0 Å². The zero-order valence-electron chi connectivity index (χ0n) is 7.63. The summed E-state index contributed by atoms with van der Waals surface area (Å²) in [5, 5.41) is 20.0. The number of nitro groups is 1. The molecule has 1 N–H and O–H groups in total. The van der Waals surface area contributed by atoms with Crippen LogP contribution < -0.4 is 4.90 Å². The summed E-state index contributed by atoms with van der Waals surface area (Å²) in [7, 11) is 0. The van der Waals surface area contributed by atoms with Gasteiger partial charge in [0.2, 0.25) is 5.82 Å². The average Bonchev–Trinajstić information content (AvgIpc) is 2.12. The first-order valence-electron chi connectivity index (χ1n) is 4.32. The van der Waals surface area contributed by atoms with Crippen LogP contribution in [-0.4, -0.2) is 34.2 Å². The fourth-order valence-electron chi connectivity index (χ4n) is 1.42. The molecule has 2 rings (SSSR count). The van der Waals surface area contributed by atoms with E-state index in [9.17, 15) is 10.1 Å². The largest absolute Gasteiger partial charge is 0.389 e. The van der Waals surface area contributed by atoms with Crippen LogP contribution in [0, 0.1) is 10.1 Å². The number of anilines is 1. The van der Waals surface area contributed by atoms with Crippen molar-refractivity contribution in [3.63, 3.8) is 0 Å². The summed E-state index contributed by atoms with van der Waals surface area (Å²) in [5.41, 5.74) is -0.0914. The first-order valence-corrected chi connectivity index (χ1v) is 4.69. The zero-order chi connectivity index (χ0) is 11.0. The number of aromatic nitrogens is 1. The summed E-state index contributed by atoms with van der Waals surface area (Å²) in [4.78, 5) is 15.7. The van der Waals surface area contributed by atoms with Gasteiger partial charge in [-0.05, 0) is 6.07 Å². The fourth-order valence-corrected chi connectivity index (χ4v) is 1.56. The molecule has 80 valence electrons. The van der Waals surface area contributed by atoms with E-state index in [1.165, 1.54) is 12.1 Å². The third-order valence-electron chi connectivity index (χ3n) is 2.18. The minimum absolute atomic E-state index is 0.0914. The van der Waals surface area contributed by atoms with E-state index in [0.29, 0.717) is 13.1 Å². The van der Waals surface area contributed by atoms with Gasteiger partial charge < -0.3 is 10.0 Å². The molecule has 0 aliphatic carbocycles. The Bertz CT molecular complexity index is 406. The van der Waals surface area contributed by atoms with Crippen molar-refractivity contribution in [3.8, 4) is 0 Å². The van der Waals surface area contributed by atoms with Crippen molar-refractivity contribution in [3.05, 3.63) is 27.4 Å². The molecule has 0 bridgehead atoms. The normalized spacial score (nSPS) is 16.3. The van der Waals surface area contributed by atoms with Gasteiger partial charge in [0, 0.05) is 19.2 Å². The monoisotopic (exact) mass is 229 g/mol. The van der Waals surface area contributed by atoms with Gasteiger partial charge in [-0.3, -0.25) is 10.1 Å². The molecule has 0 aromatic carbocycles. The lowest BCUT2D eigenvalue weighted by molar-refractivity contribution is -0.384. The summed E-state index contributed by atoms with van der Waals surface area (Å²) in [6.45, 7) is 0.711. The van der Waals surface area contributed by atoms with Crippen molar-refractivity contribution in [2.75, 3.05) is 18.0 Å². The molecule has 15 heavy (non-hydrogen) atoms. The van der Waals surface area contributed by atoms with Crippen LogP contribution in [0.1, 0.15) is 0 Å². The number of nitrogens with zero attached hydrogens (tertiary/aromatic N) is 3. The van der Waals surface area contributed by atoms with Crippen molar-refractivity contribution in [2.45, 2.75) is 6.10 Å². The van der Waals surface area contributed by atoms with Crippen LogP contribution in [0.25, 0.3) is 0 Å². The molecule has 1 aliphatic heterocycles. The van der Waals surface area contributed by atoms with Crippen LogP contribution in [0.4, 0.5) is 11.5 Å². The number of aliphatic hydroxyl groups excluding tert-OH is 1. The van der Waals surface area contributed by atoms with Gasteiger partial charge in [-0.2, -0.15) is 0 Å². The van der Waals surface area contributed by atoms with Gasteiger partial charge in [-0.1, -0.05) is 11.6 Å². The molecular formula is C8H8ClN3O3. The molecule has 0 unspecified atom stereocenters. The van der Waals surface area contributed by atoms with E-state index in [2.05, 4.69) is 4.98 Å². The number of halogens is 1. The highest BCUT2D eigenvalue weighted by Crippen LogP contribution is 2.30. The molecule has 1 aromatic heterocycles. The maximum atomic E-state index is 10.7. The lowest BCUT2D eigenvalue weighted by Gasteiger charge is -2.36. The third-order valence-corrected chi connectivity index (χ3v) is 2.39. The van der Waals surface area contributed by atoms with E-state index in [4.69, 9.17) is 16.7 Å². The number of aliphatic hydroxyl groups is 1. The van der Waals surface area contributed by atoms with Gasteiger partial charge >= 0.3 is 5.69 Å². The summed E-state index contributed by atoms with van der Waals surface area (Å²) >= 11 is 5.66. The number of hydrogen-bond acceptors (Lipinski definition) is 5. The lowest BCUT2D eigenvalue weighted by Crippen LogP contribution is -2.51. The summed E-state index contributed by atoms with van der Waals surface area (Å²) in [5.74, 6) is 0.220. The number of β-amino-alcohol motifs (C(OH)–C–C–N with tert-alkyl or cyclic N) is 1. The molecule has 1 saturated heterocycles. The van der Waals surface area contributed by atoms with Crippen LogP contribution in [-0.2, 0) is 0 Å². The van der Waals surface area contributed by atoms with Crippen molar-refractivity contribution in [1.82, 2.24) is 4.98 Å². The van der Waals surface area contributed by atoms with Crippen molar-refractivity contribution < 1.29 is 10.0 Å². The van der Waals surface area contributed by atoms with E-state index in [-0.39, 0.29) is 16.7 Å². The Labute approximate surface area is 90.3 Å². The average molecular weight is 230 g/mol. The topological polar surface area (TPSA) is 79.5 Å². The van der Waals surface area contributed by atoms with Crippen LogP contribution in [0.2, 0.25) is 5.15 Å². The Morgan fingerprint density at radius 2 is 2.27 bits per heavy atom. The van der Waals surface area contributed by atoms with Gasteiger partial charge in [0.15, 0.2) is 0 Å². The lowest BCUT2D eigenvalue weighted by atomic mass is 10.1. The number of hydrogen-bond donors (Lipinski definition) is 1. The molecular weight excluding hydrogens is 222 g/mol. The second-order valence-corrected chi connectivity index (χ2v) is 3.68. The third kappa shape index (κ3) is 1.86. The molecule has 1 fully saturated rings. The van der Waals surface area contributed by atoms with Crippen molar-refractivity contribution in [2.24, 2.45) is 0 Å². The highest BCUT2D eigenvalue weighted by molar-refractivity contribution is 6.29. The van der Waals surface area contributed by atoms with Crippen LogP contribution in [0.15, 0.2) is 12.1 Å². The number of rotatable bonds is 2. The standard InChI is InChI=1S/C8H8ClN3O3/c9-7-2-1-6(12(14)15)8(10-7)11-3-5(13)4-11/h1-2,5,13H,3-4H2. The maximum Gasteiger partial charge on any atom is 0.311 e. The van der Waals surface area contributed by atoms with Crippen LogP contribution >= 0.6 is 11.6 Å². The molecule has 0 atom stereocenters. The fraction of sp³-hybridized carbons (Fsp3) is 0.375. The summed E-state index contributed by atoms with van der Waals surface area (Å²) in [6.07, 6.45) is -0.439. The summed E-state index contributed by atoms with van der Waals surface area (Å²) in [6, 6.07) is 2.69. The molecule has 6 nitrogen and oxygen atoms in total. The number of pyridine rings is 1. The highest BCUT2D eigenvalue weighted by atomic mass is 35.5. The Kier molecular flexibility index (Phi) is 2.45. The molecule has 0 radical (unpaired) electrons. The predicted molar refractivity (Wildman–Crippen MR) is 54.1 cm³/mol. The quantitative estimate of drug-likeness (QED) is 0.462. The Hall–Kier alpha value is -1.40. The highest BCUT2D eigenvalue weighted by Gasteiger charge is 2.31. The molecule has 1 aliphatic rings. The van der Waals surface area contributed by atoms with Crippen LogP contribution in [0.3, 0.4) is 0 Å². The minimum Gasteiger partial charge on any atom is -0.389 e. The van der Waals surface area contributed by atoms with Crippen molar-refractivity contribution >= 4 is 23.1 Å². The van der Waals surface area contributed by atoms with Gasteiger partial charge in [-0.15, -0.1) is 0 Å². The zero-order valence-corrected chi connectivity index (χ0v) is 8.39. The second kappa shape index (κ2) is 3.63. The Morgan fingerprint density at radius 1 is 1.60 bits per heavy atom. The maximum absolute atomic E-state index is 10.7. The molecule has 1 aromatic rings. The van der Waals surface area contributed by atoms with Gasteiger partial charge in [0.05, 0.1) is 11.0 Å². The Balaban J connectivity index is 2.35. The van der Waals surface area contributed by atoms with E-state index in [0.717, 1.165) is 0 Å². The molecule has 7 heteroatoms. The first-order chi connectivity index (χ1) is 7.08. The van der Waals surface area contributed by atoms with Gasteiger partial charge in [-0.25, -0.2) is 4.98 Å². The minimum atomic E-state index is -0.511. The van der Waals surface area contributed by atoms with E-state index < -0.39 is 11.0 Å². The molecule has 2 heterocycles. The molecule has 0 spiro atoms. The smallest absolute Gasteiger partial charge is 0.311 e. The van der Waals surface area contributed by atoms with E-state index >= 15 is 0 Å². The van der Waals surface area contributed by atoms with Crippen molar-refractivity contribution in [1.29, 1.82) is 0 Å². The molecule has 0 amide bonds. The first kappa shape index (κ1) is 10.1. The van der Waals surface area contributed by atoms with E-state index in [1.54, 1.807) is 4.90 Å². The SMILES string of the molecule is O=[N+]([O-])c1ccc(Cl)nc1N1CC(O)C1. The Morgan fingerprint density at radius 3 is 2.80 bits per heavy atom. The van der Waals surface area contributed by atoms with Gasteiger partial charge in [0.25, 0.3) is 0 Å². The molecule has 0 saturated carbocycles. The van der Waals surface area contributed by atoms with Gasteiger partial charge in [0.1, 0.15) is 5.15 Å². The summed E-state index contributed by atoms with van der Waals surface area (Å²) < 4.78 is 0. The van der Waals surface area contributed by atoms with E-state index in [1.807, 2.05) is 0 Å². The predicted octanol–water partition coefficient (Wildman–Crippen LogP) is 0.824. The second-order valence-electron chi connectivity index (χ2n) is 3.29.